The number of ketones is 2. The topological polar surface area (TPSA) is 34.1 Å². The number of Topliss-reactive ketones (excluding diaryl/α,β-unsaturated/α-hetero) is 2. The van der Waals surface area contributed by atoms with Gasteiger partial charge in [0, 0.05) is 33.0 Å². The first kappa shape index (κ1) is 23.1. The number of hydrogen-bond acceptors (Lipinski definition) is 4. The van der Waals surface area contributed by atoms with Crippen LogP contribution in [0.15, 0.2) is 36.4 Å². The third-order valence-electron chi connectivity index (χ3n) is 6.22. The van der Waals surface area contributed by atoms with Crippen LogP contribution >= 0.6 is 22.7 Å². The van der Waals surface area contributed by atoms with Gasteiger partial charge in [-0.1, -0.05) is 76.6 Å². The molecule has 0 spiro atoms. The highest BCUT2D eigenvalue weighted by atomic mass is 32.1. The molecule has 0 saturated carbocycles. The second kappa shape index (κ2) is 10.7. The number of unbranched alkanes of at least 4 members (excludes halogenated alkanes) is 6. The SMILES string of the molecule is CCCCCCC(=O)c1cc2ccc3c(ccc4cc(C(=O)CCCCCC)sc43)c2s1. The van der Waals surface area contributed by atoms with Gasteiger partial charge in [0.1, 0.15) is 0 Å². The third kappa shape index (κ3) is 4.97. The van der Waals surface area contributed by atoms with Gasteiger partial charge in [-0.2, -0.15) is 0 Å². The molecule has 0 aliphatic carbocycles. The highest BCUT2D eigenvalue weighted by molar-refractivity contribution is 7.23. The summed E-state index contributed by atoms with van der Waals surface area (Å²) in [5, 5.41) is 4.66. The fraction of sp³-hybridized carbons (Fsp3) is 0.429. The van der Waals surface area contributed by atoms with Gasteiger partial charge in [0.2, 0.25) is 0 Å². The number of fused-ring (bicyclic) bond motifs is 5. The summed E-state index contributed by atoms with van der Waals surface area (Å²) in [5.41, 5.74) is 0. The number of hydrogen-bond donors (Lipinski definition) is 0. The lowest BCUT2D eigenvalue weighted by molar-refractivity contribution is 0.0975. The Morgan fingerprint density at radius 1 is 0.625 bits per heavy atom. The minimum absolute atomic E-state index is 0.267. The largest absolute Gasteiger partial charge is 0.293 e. The summed E-state index contributed by atoms with van der Waals surface area (Å²) >= 11 is 3.25. The Morgan fingerprint density at radius 3 is 1.47 bits per heavy atom. The van der Waals surface area contributed by atoms with Crippen molar-refractivity contribution in [2.75, 3.05) is 0 Å². The molecule has 2 aromatic heterocycles. The third-order valence-corrected chi connectivity index (χ3v) is 8.67. The van der Waals surface area contributed by atoms with Crippen molar-refractivity contribution in [2.24, 2.45) is 0 Å². The van der Waals surface area contributed by atoms with Crippen molar-refractivity contribution < 1.29 is 9.59 Å². The molecule has 0 atom stereocenters. The van der Waals surface area contributed by atoms with Crippen LogP contribution in [0.25, 0.3) is 30.9 Å². The quantitative estimate of drug-likeness (QED) is 0.154. The van der Waals surface area contributed by atoms with Crippen LogP contribution in [0.4, 0.5) is 0 Å². The van der Waals surface area contributed by atoms with Gasteiger partial charge in [-0.25, -0.2) is 0 Å². The molecule has 0 saturated heterocycles. The van der Waals surface area contributed by atoms with Crippen molar-refractivity contribution in [1.29, 1.82) is 0 Å². The summed E-state index contributed by atoms with van der Waals surface area (Å²) in [6, 6.07) is 12.7. The number of thiophene rings is 2. The fourth-order valence-corrected chi connectivity index (χ4v) is 6.66. The Morgan fingerprint density at radius 2 is 1.06 bits per heavy atom. The first-order chi connectivity index (χ1) is 15.6. The zero-order valence-electron chi connectivity index (χ0n) is 19.2. The van der Waals surface area contributed by atoms with E-state index in [2.05, 4.69) is 50.2 Å². The van der Waals surface area contributed by atoms with E-state index < -0.39 is 0 Å². The van der Waals surface area contributed by atoms with Crippen LogP contribution < -0.4 is 0 Å². The Bertz CT molecular complexity index is 1150. The van der Waals surface area contributed by atoms with Gasteiger partial charge in [-0.3, -0.25) is 9.59 Å². The van der Waals surface area contributed by atoms with E-state index >= 15 is 0 Å². The molecule has 4 heteroatoms. The number of carbonyl (C=O) groups excluding carboxylic acids is 2. The first-order valence-corrected chi connectivity index (χ1v) is 13.7. The molecule has 0 radical (unpaired) electrons. The minimum atomic E-state index is 0.267. The smallest absolute Gasteiger partial charge is 0.172 e. The molecular formula is C28H32O2S2. The summed E-state index contributed by atoms with van der Waals surface area (Å²) in [7, 11) is 0. The minimum Gasteiger partial charge on any atom is -0.293 e. The molecule has 0 fully saturated rings. The first-order valence-electron chi connectivity index (χ1n) is 12.1. The van der Waals surface area contributed by atoms with Crippen molar-refractivity contribution in [3.63, 3.8) is 0 Å². The standard InChI is InChI=1S/C28H32O2S2/c1-3-5-7-9-11-23(29)25-17-19-13-15-22-21(27(19)31-25)16-14-20-18-26(32-28(20)22)24(30)12-10-8-6-4-2/h13-18H,3-12H2,1-2H3. The maximum atomic E-state index is 12.7. The van der Waals surface area contributed by atoms with E-state index in [0.717, 1.165) is 46.2 Å². The van der Waals surface area contributed by atoms with E-state index in [0.29, 0.717) is 12.8 Å². The second-order valence-electron chi connectivity index (χ2n) is 8.75. The van der Waals surface area contributed by atoms with Crippen molar-refractivity contribution in [2.45, 2.75) is 78.1 Å². The zero-order chi connectivity index (χ0) is 22.5. The van der Waals surface area contributed by atoms with Crippen LogP contribution in [-0.4, -0.2) is 11.6 Å². The summed E-state index contributed by atoms with van der Waals surface area (Å²) in [4.78, 5) is 27.2. The molecule has 32 heavy (non-hydrogen) atoms. The van der Waals surface area contributed by atoms with Crippen molar-refractivity contribution in [3.8, 4) is 0 Å². The monoisotopic (exact) mass is 464 g/mol. The van der Waals surface area contributed by atoms with Gasteiger partial charge >= 0.3 is 0 Å². The Kier molecular flexibility index (Phi) is 7.75. The lowest BCUT2D eigenvalue weighted by Crippen LogP contribution is -1.95. The Hall–Kier alpha value is -2.04. The molecule has 2 nitrogen and oxygen atoms in total. The van der Waals surface area contributed by atoms with Gasteiger partial charge in [0.05, 0.1) is 9.75 Å². The predicted molar refractivity (Wildman–Crippen MR) is 141 cm³/mol. The molecule has 0 aliphatic rings. The molecule has 0 aliphatic heterocycles. The van der Waals surface area contributed by atoms with E-state index in [-0.39, 0.29) is 11.6 Å². The Balaban J connectivity index is 1.60. The van der Waals surface area contributed by atoms with Crippen LogP contribution in [0.3, 0.4) is 0 Å². The van der Waals surface area contributed by atoms with Crippen LogP contribution in [-0.2, 0) is 0 Å². The molecule has 0 unspecified atom stereocenters. The summed E-state index contributed by atoms with van der Waals surface area (Å²) in [5.74, 6) is 0.534. The highest BCUT2D eigenvalue weighted by Gasteiger charge is 2.16. The van der Waals surface area contributed by atoms with Crippen LogP contribution in [0, 0.1) is 0 Å². The number of benzene rings is 2. The molecule has 0 amide bonds. The van der Waals surface area contributed by atoms with Crippen LogP contribution in [0.2, 0.25) is 0 Å². The molecule has 4 rings (SSSR count). The van der Waals surface area contributed by atoms with Crippen molar-refractivity contribution in [1.82, 2.24) is 0 Å². The average molecular weight is 465 g/mol. The van der Waals surface area contributed by atoms with Gasteiger partial charge in [0.15, 0.2) is 11.6 Å². The summed E-state index contributed by atoms with van der Waals surface area (Å²) in [6.07, 6.45) is 10.3. The molecule has 0 bridgehead atoms. The predicted octanol–water partition coefficient (Wildman–Crippen LogP) is 9.58. The Labute approximate surface area is 198 Å². The molecule has 0 N–H and O–H groups in total. The molecule has 168 valence electrons. The van der Waals surface area contributed by atoms with E-state index in [1.165, 1.54) is 45.9 Å². The van der Waals surface area contributed by atoms with Gasteiger partial charge < -0.3 is 0 Å². The summed E-state index contributed by atoms with van der Waals surface area (Å²) in [6.45, 7) is 4.38. The van der Waals surface area contributed by atoms with Crippen molar-refractivity contribution in [3.05, 3.63) is 46.2 Å². The zero-order valence-corrected chi connectivity index (χ0v) is 20.8. The number of rotatable bonds is 12. The van der Waals surface area contributed by atoms with E-state index in [1.54, 1.807) is 22.7 Å². The van der Waals surface area contributed by atoms with Crippen molar-refractivity contribution >= 4 is 65.2 Å². The molecule has 4 aromatic rings. The molecule has 2 aromatic carbocycles. The summed E-state index contributed by atoms with van der Waals surface area (Å²) < 4.78 is 2.37. The fourth-order valence-electron chi connectivity index (χ4n) is 4.35. The lowest BCUT2D eigenvalue weighted by Gasteiger charge is -2.01. The van der Waals surface area contributed by atoms with Gasteiger partial charge in [-0.15, -0.1) is 22.7 Å². The van der Waals surface area contributed by atoms with Gasteiger partial charge in [0.25, 0.3) is 0 Å². The highest BCUT2D eigenvalue weighted by Crippen LogP contribution is 2.39. The van der Waals surface area contributed by atoms with Crippen LogP contribution in [0.1, 0.15) is 97.4 Å². The number of carbonyl (C=O) groups is 2. The average Bonchev–Trinajstić information content (AvgIpc) is 3.43. The maximum Gasteiger partial charge on any atom is 0.172 e. The van der Waals surface area contributed by atoms with Crippen LogP contribution in [0.5, 0.6) is 0 Å². The maximum absolute atomic E-state index is 12.7. The van der Waals surface area contributed by atoms with Gasteiger partial charge in [-0.05, 0) is 35.7 Å². The van der Waals surface area contributed by atoms with E-state index in [4.69, 9.17) is 0 Å². The molecular weight excluding hydrogens is 432 g/mol. The van der Waals surface area contributed by atoms with E-state index in [9.17, 15) is 9.59 Å². The normalized spacial score (nSPS) is 11.7. The van der Waals surface area contributed by atoms with E-state index in [1.807, 2.05) is 0 Å². The molecule has 2 heterocycles. The second-order valence-corrected chi connectivity index (χ2v) is 10.9. The lowest BCUT2D eigenvalue weighted by atomic mass is 10.1.